The average molecular weight is 277 g/mol. The monoisotopic (exact) mass is 278 g/mol. The Kier molecular flexibility index (Phi) is 2.04. The molecule has 0 saturated carbocycles. The van der Waals surface area contributed by atoms with Gasteiger partial charge in [0.15, 0.2) is 0 Å². The first kappa shape index (κ1) is 6.37. The van der Waals surface area contributed by atoms with Gasteiger partial charge >= 0.3 is 59.2 Å². The fraction of sp³-hybridized carbons (Fsp3) is 1.00. The van der Waals surface area contributed by atoms with E-state index >= 15 is 0 Å². The van der Waals surface area contributed by atoms with Crippen molar-refractivity contribution in [2.75, 3.05) is 0 Å². The molecule has 0 N–H and O–H groups in total. The first-order valence-electron chi connectivity index (χ1n) is 2.64. The van der Waals surface area contributed by atoms with Gasteiger partial charge in [0.05, 0.1) is 0 Å². The molecule has 1 aliphatic rings. The molecule has 0 atom stereocenters. The summed E-state index contributed by atoms with van der Waals surface area (Å²) in [6.07, 6.45) is 3.05. The van der Waals surface area contributed by atoms with Crippen LogP contribution in [0.1, 0.15) is 12.8 Å². The zero-order chi connectivity index (χ0) is 5.33. The molecule has 0 spiro atoms. The molecule has 0 aromatic rings. The van der Waals surface area contributed by atoms with Crippen molar-refractivity contribution in [2.24, 2.45) is 0 Å². The van der Waals surface area contributed by atoms with Crippen LogP contribution in [0, 0.1) is 0 Å². The van der Waals surface area contributed by atoms with Gasteiger partial charge in [-0.3, -0.25) is 0 Å². The predicted octanol–water partition coefficient (Wildman–Crippen LogP) is 2.79. The molecule has 0 nitrogen and oxygen atoms in total. The van der Waals surface area contributed by atoms with Crippen molar-refractivity contribution >= 4 is 29.9 Å². The minimum absolute atomic E-state index is 0.724. The van der Waals surface area contributed by atoms with Gasteiger partial charge in [0.1, 0.15) is 0 Å². The molecule has 1 saturated heterocycles. The molecule has 7 heavy (non-hydrogen) atoms. The van der Waals surface area contributed by atoms with Crippen molar-refractivity contribution in [2.45, 2.75) is 29.3 Å². The van der Waals surface area contributed by atoms with Crippen LogP contribution in [0.15, 0.2) is 0 Å². The normalized spacial score (nSPS) is 32.9. The molecule has 0 aliphatic carbocycles. The number of halogens is 1. The van der Waals surface area contributed by atoms with E-state index in [0.717, 1.165) is 0 Å². The Morgan fingerprint density at radius 2 is 1.71 bits per heavy atom. The van der Waals surface area contributed by atoms with Crippen molar-refractivity contribution < 1.29 is 0 Å². The van der Waals surface area contributed by atoms with Gasteiger partial charge in [-0.25, -0.2) is 0 Å². The SMILES string of the molecule is C[Se]1(I)CCCC1. The van der Waals surface area contributed by atoms with E-state index in [-0.39, 0.29) is 0 Å². The molecular weight excluding hydrogens is 266 g/mol. The third-order valence-electron chi connectivity index (χ3n) is 1.39. The van der Waals surface area contributed by atoms with Crippen molar-refractivity contribution in [3.63, 3.8) is 0 Å². The van der Waals surface area contributed by atoms with Gasteiger partial charge in [0.2, 0.25) is 0 Å². The summed E-state index contributed by atoms with van der Waals surface area (Å²) in [5.41, 5.74) is 0. The van der Waals surface area contributed by atoms with Crippen molar-refractivity contribution in [1.82, 2.24) is 0 Å². The fourth-order valence-electron chi connectivity index (χ4n) is 0.908. The van der Waals surface area contributed by atoms with Crippen LogP contribution in [0.3, 0.4) is 0 Å². The van der Waals surface area contributed by atoms with E-state index in [2.05, 4.69) is 26.2 Å². The van der Waals surface area contributed by atoms with Gasteiger partial charge in [-0.2, -0.15) is 0 Å². The van der Waals surface area contributed by atoms with Gasteiger partial charge in [0, 0.05) is 0 Å². The average Bonchev–Trinajstić information content (AvgIpc) is 1.84. The summed E-state index contributed by atoms with van der Waals surface area (Å²) in [7, 11) is -0.724. The van der Waals surface area contributed by atoms with E-state index in [1.54, 1.807) is 10.6 Å². The van der Waals surface area contributed by atoms with Gasteiger partial charge in [0.25, 0.3) is 0 Å². The molecule has 0 aromatic carbocycles. The van der Waals surface area contributed by atoms with Gasteiger partial charge in [-0.05, 0) is 0 Å². The van der Waals surface area contributed by atoms with E-state index < -0.39 is 9.60 Å². The molecule has 0 unspecified atom stereocenters. The minimum atomic E-state index is -0.724. The van der Waals surface area contributed by atoms with Crippen LogP contribution < -0.4 is 0 Å². The first-order chi connectivity index (χ1) is 3.21. The molecular formula is C5H11ISe. The number of hydrogen-bond donors (Lipinski definition) is 0. The maximum atomic E-state index is 2.72. The van der Waals surface area contributed by atoms with Crippen LogP contribution in [0.5, 0.6) is 0 Å². The molecule has 1 rings (SSSR count). The third-order valence-corrected chi connectivity index (χ3v) is 10.7. The second kappa shape index (κ2) is 2.24. The summed E-state index contributed by atoms with van der Waals surface area (Å²) in [5, 5.41) is 3.19. The molecule has 44 valence electrons. The Hall–Kier alpha value is 1.25. The van der Waals surface area contributed by atoms with Crippen LogP contribution in [0.4, 0.5) is 0 Å². The van der Waals surface area contributed by atoms with Crippen molar-refractivity contribution in [3.05, 3.63) is 0 Å². The zero-order valence-corrected chi connectivity index (χ0v) is 8.49. The van der Waals surface area contributed by atoms with Crippen LogP contribution in [-0.2, 0) is 0 Å². The van der Waals surface area contributed by atoms with Crippen molar-refractivity contribution in [1.29, 1.82) is 0 Å². The van der Waals surface area contributed by atoms with Crippen LogP contribution >= 0.6 is 20.3 Å². The summed E-state index contributed by atoms with van der Waals surface area (Å²) < 4.78 is 0. The van der Waals surface area contributed by atoms with E-state index in [1.165, 1.54) is 12.8 Å². The Balaban J connectivity index is 2.40. The molecule has 0 aromatic heterocycles. The van der Waals surface area contributed by atoms with Gasteiger partial charge in [-0.15, -0.1) is 0 Å². The van der Waals surface area contributed by atoms with Gasteiger partial charge in [-0.1, -0.05) is 0 Å². The predicted molar refractivity (Wildman–Crippen MR) is 44.5 cm³/mol. The third kappa shape index (κ3) is 1.90. The molecule has 1 aliphatic heterocycles. The quantitative estimate of drug-likeness (QED) is 0.472. The Morgan fingerprint density at radius 1 is 1.29 bits per heavy atom. The van der Waals surface area contributed by atoms with E-state index in [9.17, 15) is 0 Å². The van der Waals surface area contributed by atoms with Crippen LogP contribution in [0.2, 0.25) is 16.5 Å². The molecule has 0 bridgehead atoms. The van der Waals surface area contributed by atoms with E-state index in [4.69, 9.17) is 0 Å². The standard InChI is InChI=1S/C5H11ISe/c1-7(6)4-2-3-5-7/h2-5H2,1H3. The first-order valence-corrected chi connectivity index (χ1v) is 12.0. The second-order valence-electron chi connectivity index (χ2n) is 2.27. The summed E-state index contributed by atoms with van der Waals surface area (Å²) in [4.78, 5) is 0. The van der Waals surface area contributed by atoms with Crippen molar-refractivity contribution in [3.8, 4) is 0 Å². The molecule has 2 heteroatoms. The number of hydrogen-bond acceptors (Lipinski definition) is 0. The summed E-state index contributed by atoms with van der Waals surface area (Å²) >= 11 is 2.72. The molecule has 1 heterocycles. The summed E-state index contributed by atoms with van der Waals surface area (Å²) in [5.74, 6) is 2.50. The zero-order valence-electron chi connectivity index (χ0n) is 4.61. The molecule has 1 fully saturated rings. The topological polar surface area (TPSA) is 0 Å². The summed E-state index contributed by atoms with van der Waals surface area (Å²) in [6, 6.07) is 0. The molecule has 0 radical (unpaired) electrons. The number of rotatable bonds is 0. The van der Waals surface area contributed by atoms with Gasteiger partial charge < -0.3 is 0 Å². The maximum absolute atomic E-state index is 2.72. The van der Waals surface area contributed by atoms with E-state index in [0.29, 0.717) is 0 Å². The Morgan fingerprint density at radius 3 is 1.86 bits per heavy atom. The second-order valence-corrected chi connectivity index (χ2v) is 19.9. The fourth-order valence-corrected chi connectivity index (χ4v) is 7.95. The Labute approximate surface area is 59.0 Å². The summed E-state index contributed by atoms with van der Waals surface area (Å²) in [6.45, 7) is 0. The van der Waals surface area contributed by atoms with Crippen LogP contribution in [-0.4, -0.2) is 9.60 Å². The Bertz CT molecular complexity index is 62.5. The van der Waals surface area contributed by atoms with Crippen LogP contribution in [0.25, 0.3) is 0 Å². The molecule has 0 amide bonds. The van der Waals surface area contributed by atoms with E-state index in [1.807, 2.05) is 0 Å².